The van der Waals surface area contributed by atoms with Gasteiger partial charge in [0.15, 0.2) is 5.82 Å². The molecule has 37 heavy (non-hydrogen) atoms. The van der Waals surface area contributed by atoms with Crippen LogP contribution in [0.15, 0.2) is 30.6 Å². The van der Waals surface area contributed by atoms with Crippen molar-refractivity contribution in [1.82, 2.24) is 24.7 Å². The van der Waals surface area contributed by atoms with Gasteiger partial charge in [0.2, 0.25) is 0 Å². The third kappa shape index (κ3) is 4.91. The molecular formula is C29H41N7O. The Kier molecular flexibility index (Phi) is 8.07. The average Bonchev–Trinajstić information content (AvgIpc) is 3.33. The Morgan fingerprint density at radius 1 is 1.14 bits per heavy atom. The average molecular weight is 504 g/mol. The van der Waals surface area contributed by atoms with E-state index in [4.69, 9.17) is 15.7 Å². The molecule has 0 bridgehead atoms. The molecule has 3 aromatic heterocycles. The molecule has 2 saturated carbocycles. The van der Waals surface area contributed by atoms with E-state index in [9.17, 15) is 4.79 Å². The number of pyridine rings is 2. The summed E-state index contributed by atoms with van der Waals surface area (Å²) in [5.41, 5.74) is 10.8. The Bertz CT molecular complexity index is 1240. The minimum absolute atomic E-state index is 0.0347. The number of carbonyl (C=O) groups is 1. The second kappa shape index (κ2) is 11.1. The summed E-state index contributed by atoms with van der Waals surface area (Å²) in [7, 11) is 0. The molecule has 2 N–H and O–H groups in total. The molecule has 0 spiro atoms. The smallest absolute Gasteiger partial charge is 0.260 e. The number of carbonyl (C=O) groups excluding carboxylic acids is 1. The summed E-state index contributed by atoms with van der Waals surface area (Å²) >= 11 is 0. The Balaban J connectivity index is 0.000000765. The molecule has 3 aliphatic rings. The maximum atomic E-state index is 13.6. The minimum atomic E-state index is -0.186. The number of rotatable bonds is 6. The van der Waals surface area contributed by atoms with Crippen LogP contribution in [-0.4, -0.2) is 30.6 Å². The maximum absolute atomic E-state index is 13.6. The number of amides is 1. The number of aromatic nitrogens is 5. The van der Waals surface area contributed by atoms with Gasteiger partial charge < -0.3 is 10.3 Å². The van der Waals surface area contributed by atoms with Crippen LogP contribution in [0.2, 0.25) is 0 Å². The van der Waals surface area contributed by atoms with Crippen molar-refractivity contribution < 1.29 is 4.79 Å². The number of nitrogens with two attached hydrogens (primary N) is 1. The fourth-order valence-electron chi connectivity index (χ4n) is 4.82. The normalized spacial score (nSPS) is 18.1. The van der Waals surface area contributed by atoms with Gasteiger partial charge in [0.05, 0.1) is 12.2 Å². The summed E-state index contributed by atoms with van der Waals surface area (Å²) in [5.74, 6) is 1.34. The first-order valence-corrected chi connectivity index (χ1v) is 14.0. The van der Waals surface area contributed by atoms with Gasteiger partial charge in [-0.2, -0.15) is 0 Å². The highest BCUT2D eigenvalue weighted by Crippen LogP contribution is 2.48. The zero-order chi connectivity index (χ0) is 26.7. The monoisotopic (exact) mass is 503 g/mol. The van der Waals surface area contributed by atoms with Crippen LogP contribution < -0.4 is 10.6 Å². The first-order chi connectivity index (χ1) is 18.0. The molecule has 3 aromatic rings. The standard InChI is InChI=1S/C25H29N7O.2C2H6/c1-3-18(26)22-17-13-31(24(33)16(17)12-20(29-22)25(2)10-11-25)21-9-5-8-19(28-21)23-30-27-14-32(23)15-6-4-7-15;2*1-2/h5,8-9,12,14-15,18H,3-4,6-7,10-11,13,26H2,1-2H3;2*1-2H3/t18-;;/m0../s1. The van der Waals surface area contributed by atoms with Crippen molar-refractivity contribution in [1.29, 1.82) is 0 Å². The molecule has 8 nitrogen and oxygen atoms in total. The maximum Gasteiger partial charge on any atom is 0.260 e. The quantitative estimate of drug-likeness (QED) is 0.434. The molecule has 0 saturated heterocycles. The van der Waals surface area contributed by atoms with E-state index in [0.29, 0.717) is 18.4 Å². The van der Waals surface area contributed by atoms with Crippen molar-refractivity contribution in [3.8, 4) is 11.5 Å². The van der Waals surface area contributed by atoms with Gasteiger partial charge in [0, 0.05) is 34.3 Å². The molecule has 198 valence electrons. The third-order valence-corrected chi connectivity index (χ3v) is 7.64. The van der Waals surface area contributed by atoms with Gasteiger partial charge in [-0.25, -0.2) is 4.98 Å². The second-order valence-corrected chi connectivity index (χ2v) is 9.91. The molecule has 4 heterocycles. The molecule has 6 rings (SSSR count). The van der Waals surface area contributed by atoms with E-state index in [1.165, 1.54) is 6.42 Å². The Labute approximate surface area is 220 Å². The van der Waals surface area contributed by atoms with Crippen LogP contribution in [-0.2, 0) is 12.0 Å². The number of anilines is 1. The summed E-state index contributed by atoms with van der Waals surface area (Å²) in [6.45, 7) is 12.7. The van der Waals surface area contributed by atoms with Gasteiger partial charge >= 0.3 is 0 Å². The van der Waals surface area contributed by atoms with Crippen molar-refractivity contribution >= 4 is 11.7 Å². The van der Waals surface area contributed by atoms with Crippen LogP contribution in [0.25, 0.3) is 11.5 Å². The van der Waals surface area contributed by atoms with E-state index in [1.54, 1.807) is 11.2 Å². The highest BCUT2D eigenvalue weighted by atomic mass is 16.2. The molecule has 0 aromatic carbocycles. The van der Waals surface area contributed by atoms with Gasteiger partial charge in [-0.15, -0.1) is 10.2 Å². The lowest BCUT2D eigenvalue weighted by Crippen LogP contribution is -2.24. The van der Waals surface area contributed by atoms with Crippen LogP contribution in [0.1, 0.15) is 119 Å². The molecule has 2 aliphatic carbocycles. The number of hydrogen-bond donors (Lipinski definition) is 1. The lowest BCUT2D eigenvalue weighted by molar-refractivity contribution is 0.0995. The van der Waals surface area contributed by atoms with E-state index in [0.717, 1.165) is 66.1 Å². The first-order valence-electron chi connectivity index (χ1n) is 14.0. The molecule has 2 fully saturated rings. The van der Waals surface area contributed by atoms with Gasteiger partial charge in [0.1, 0.15) is 17.8 Å². The molecular weight excluding hydrogens is 462 g/mol. The highest BCUT2D eigenvalue weighted by Gasteiger charge is 2.43. The topological polar surface area (TPSA) is 103 Å². The van der Waals surface area contributed by atoms with Crippen LogP contribution in [0, 0.1) is 0 Å². The van der Waals surface area contributed by atoms with Crippen molar-refractivity contribution in [2.24, 2.45) is 5.73 Å². The van der Waals surface area contributed by atoms with Crippen molar-refractivity contribution in [3.63, 3.8) is 0 Å². The summed E-state index contributed by atoms with van der Waals surface area (Å²) in [4.78, 5) is 25.1. The SMILES string of the molecule is CC.CC.CC[C@H](N)c1nc(C2(C)CC2)cc2c1CN(c1cccc(-c3nncn3C3CCC3)n1)C2=O. The molecule has 1 atom stereocenters. The number of hydrogen-bond acceptors (Lipinski definition) is 6. The van der Waals surface area contributed by atoms with E-state index < -0.39 is 0 Å². The summed E-state index contributed by atoms with van der Waals surface area (Å²) in [6.07, 6.45) is 8.27. The number of nitrogens with zero attached hydrogens (tertiary/aromatic N) is 6. The Morgan fingerprint density at radius 2 is 1.86 bits per heavy atom. The fourth-order valence-corrected chi connectivity index (χ4v) is 4.82. The lowest BCUT2D eigenvalue weighted by atomic mass is 9.93. The third-order valence-electron chi connectivity index (χ3n) is 7.64. The lowest BCUT2D eigenvalue weighted by Gasteiger charge is -2.27. The van der Waals surface area contributed by atoms with E-state index in [2.05, 4.69) is 28.6 Å². The molecule has 1 amide bonds. The van der Waals surface area contributed by atoms with E-state index in [-0.39, 0.29) is 17.4 Å². The summed E-state index contributed by atoms with van der Waals surface area (Å²) in [6, 6.07) is 7.99. The zero-order valence-corrected chi connectivity index (χ0v) is 23.2. The van der Waals surface area contributed by atoms with Crippen molar-refractivity contribution in [2.45, 2.75) is 104 Å². The van der Waals surface area contributed by atoms with Gasteiger partial charge in [-0.1, -0.05) is 47.6 Å². The predicted octanol–water partition coefficient (Wildman–Crippen LogP) is 6.13. The van der Waals surface area contributed by atoms with E-state index >= 15 is 0 Å². The largest absolute Gasteiger partial charge is 0.323 e. The van der Waals surface area contributed by atoms with Crippen LogP contribution >= 0.6 is 0 Å². The summed E-state index contributed by atoms with van der Waals surface area (Å²) in [5, 5.41) is 8.46. The highest BCUT2D eigenvalue weighted by molar-refractivity contribution is 6.10. The van der Waals surface area contributed by atoms with Crippen LogP contribution in [0.3, 0.4) is 0 Å². The molecule has 0 unspecified atom stereocenters. The molecule has 1 aliphatic heterocycles. The van der Waals surface area contributed by atoms with Crippen LogP contribution in [0.5, 0.6) is 0 Å². The minimum Gasteiger partial charge on any atom is -0.323 e. The first kappa shape index (κ1) is 26.9. The predicted molar refractivity (Wildman–Crippen MR) is 147 cm³/mol. The van der Waals surface area contributed by atoms with Gasteiger partial charge in [-0.3, -0.25) is 14.7 Å². The Hall–Kier alpha value is -3.13. The van der Waals surface area contributed by atoms with Gasteiger partial charge in [-0.05, 0) is 56.7 Å². The van der Waals surface area contributed by atoms with Crippen molar-refractivity contribution in [3.05, 3.63) is 53.1 Å². The van der Waals surface area contributed by atoms with Gasteiger partial charge in [0.25, 0.3) is 5.91 Å². The fraction of sp³-hybridized carbons (Fsp3) is 0.552. The van der Waals surface area contributed by atoms with E-state index in [1.807, 2.05) is 52.0 Å². The molecule has 0 radical (unpaired) electrons. The number of fused-ring (bicyclic) bond motifs is 1. The zero-order valence-electron chi connectivity index (χ0n) is 23.2. The van der Waals surface area contributed by atoms with Crippen molar-refractivity contribution in [2.75, 3.05) is 4.90 Å². The Morgan fingerprint density at radius 3 is 2.49 bits per heavy atom. The second-order valence-electron chi connectivity index (χ2n) is 9.91. The molecule has 8 heteroatoms. The summed E-state index contributed by atoms with van der Waals surface area (Å²) < 4.78 is 2.11. The van der Waals surface area contributed by atoms with Crippen LogP contribution in [0.4, 0.5) is 5.82 Å².